The van der Waals surface area contributed by atoms with E-state index in [0.29, 0.717) is 32.6 Å². The van der Waals surface area contributed by atoms with Crippen LogP contribution in [0.2, 0.25) is 0 Å². The summed E-state index contributed by atoms with van der Waals surface area (Å²) < 4.78 is 9.99. The lowest BCUT2D eigenvalue weighted by atomic mass is 9.92. The molecule has 0 aromatic heterocycles. The van der Waals surface area contributed by atoms with Gasteiger partial charge in [0, 0.05) is 19.7 Å². The fourth-order valence-electron chi connectivity index (χ4n) is 2.15. The zero-order valence-corrected chi connectivity index (χ0v) is 10.9. The summed E-state index contributed by atoms with van der Waals surface area (Å²) in [5.41, 5.74) is 0. The lowest BCUT2D eigenvalue weighted by Crippen LogP contribution is -2.47. The van der Waals surface area contributed by atoms with Crippen LogP contribution in [0.1, 0.15) is 19.8 Å². The van der Waals surface area contributed by atoms with Crippen LogP contribution in [0.5, 0.6) is 0 Å². The van der Waals surface area contributed by atoms with Gasteiger partial charge in [-0.05, 0) is 19.8 Å². The lowest BCUT2D eigenvalue weighted by Gasteiger charge is -2.36. The first-order chi connectivity index (χ1) is 8.56. The Hall–Kier alpha value is -1.14. The summed E-state index contributed by atoms with van der Waals surface area (Å²) in [5.74, 6) is -1.19. The molecule has 0 radical (unpaired) electrons. The van der Waals surface area contributed by atoms with Gasteiger partial charge >= 0.3 is 5.97 Å². The average Bonchev–Trinajstić information content (AvgIpc) is 2.34. The maximum absolute atomic E-state index is 11.9. The van der Waals surface area contributed by atoms with E-state index in [2.05, 4.69) is 0 Å². The number of ether oxygens (including phenoxy) is 2. The van der Waals surface area contributed by atoms with Crippen LogP contribution in [0.25, 0.3) is 0 Å². The van der Waals surface area contributed by atoms with Gasteiger partial charge < -0.3 is 19.5 Å². The molecule has 2 unspecified atom stereocenters. The second-order valence-electron chi connectivity index (χ2n) is 4.54. The van der Waals surface area contributed by atoms with E-state index in [-0.39, 0.29) is 24.5 Å². The Morgan fingerprint density at radius 1 is 1.39 bits per heavy atom. The number of hydrogen-bond donors (Lipinski definition) is 1. The molecule has 1 aliphatic heterocycles. The minimum Gasteiger partial charge on any atom is -0.481 e. The van der Waals surface area contributed by atoms with E-state index >= 15 is 0 Å². The van der Waals surface area contributed by atoms with Gasteiger partial charge in [-0.25, -0.2) is 0 Å². The molecule has 1 heterocycles. The van der Waals surface area contributed by atoms with Crippen LogP contribution in [-0.4, -0.2) is 61.4 Å². The highest BCUT2D eigenvalue weighted by Gasteiger charge is 2.31. The molecule has 1 aliphatic rings. The first-order valence-corrected chi connectivity index (χ1v) is 6.15. The molecule has 0 aromatic carbocycles. The summed E-state index contributed by atoms with van der Waals surface area (Å²) in [7, 11) is 1.57. The summed E-state index contributed by atoms with van der Waals surface area (Å²) in [6.07, 6.45) is 1.03. The van der Waals surface area contributed by atoms with E-state index in [1.165, 1.54) is 0 Å². The molecule has 18 heavy (non-hydrogen) atoms. The van der Waals surface area contributed by atoms with Gasteiger partial charge in [0.25, 0.3) is 0 Å². The minimum atomic E-state index is -0.773. The highest BCUT2D eigenvalue weighted by atomic mass is 16.5. The van der Waals surface area contributed by atoms with Crippen molar-refractivity contribution >= 4 is 11.9 Å². The molecule has 0 saturated carbocycles. The largest absolute Gasteiger partial charge is 0.481 e. The van der Waals surface area contributed by atoms with Gasteiger partial charge in [-0.1, -0.05) is 0 Å². The summed E-state index contributed by atoms with van der Waals surface area (Å²) in [6, 6.07) is -0.0432. The van der Waals surface area contributed by atoms with E-state index in [1.54, 1.807) is 12.0 Å². The number of rotatable bonds is 6. The predicted octanol–water partition coefficient (Wildman–Crippen LogP) is 0.361. The van der Waals surface area contributed by atoms with Gasteiger partial charge in [-0.2, -0.15) is 0 Å². The first kappa shape index (κ1) is 14.9. The van der Waals surface area contributed by atoms with Crippen LogP contribution in [-0.2, 0) is 19.1 Å². The van der Waals surface area contributed by atoms with Crippen molar-refractivity contribution in [2.45, 2.75) is 25.8 Å². The second-order valence-corrected chi connectivity index (χ2v) is 4.54. The SMILES string of the molecule is COCCOCC(=O)N1CCC(C(=O)O)CC1C. The Morgan fingerprint density at radius 2 is 2.11 bits per heavy atom. The molecule has 1 saturated heterocycles. The fourth-order valence-corrected chi connectivity index (χ4v) is 2.15. The molecule has 104 valence electrons. The van der Waals surface area contributed by atoms with Crippen LogP contribution in [0.3, 0.4) is 0 Å². The van der Waals surface area contributed by atoms with E-state index in [9.17, 15) is 9.59 Å². The van der Waals surface area contributed by atoms with Crippen molar-refractivity contribution in [2.75, 3.05) is 33.5 Å². The highest BCUT2D eigenvalue weighted by molar-refractivity contribution is 5.78. The maximum atomic E-state index is 11.9. The lowest BCUT2D eigenvalue weighted by molar-refractivity contribution is -0.149. The van der Waals surface area contributed by atoms with E-state index in [1.807, 2.05) is 6.92 Å². The quantitative estimate of drug-likeness (QED) is 0.697. The van der Waals surface area contributed by atoms with Crippen molar-refractivity contribution < 1.29 is 24.2 Å². The zero-order chi connectivity index (χ0) is 13.5. The van der Waals surface area contributed by atoms with E-state index in [4.69, 9.17) is 14.6 Å². The van der Waals surface area contributed by atoms with Crippen LogP contribution in [0.15, 0.2) is 0 Å². The monoisotopic (exact) mass is 259 g/mol. The number of nitrogens with zero attached hydrogens (tertiary/aromatic N) is 1. The Bertz CT molecular complexity index is 294. The van der Waals surface area contributed by atoms with Crippen molar-refractivity contribution in [3.8, 4) is 0 Å². The molecule has 0 aliphatic carbocycles. The van der Waals surface area contributed by atoms with Gasteiger partial charge in [0.1, 0.15) is 6.61 Å². The van der Waals surface area contributed by atoms with Crippen LogP contribution in [0, 0.1) is 5.92 Å². The molecule has 1 fully saturated rings. The Balaban J connectivity index is 2.34. The Morgan fingerprint density at radius 3 is 2.67 bits per heavy atom. The Kier molecular flexibility index (Phi) is 6.07. The minimum absolute atomic E-state index is 0.0332. The maximum Gasteiger partial charge on any atom is 0.306 e. The van der Waals surface area contributed by atoms with E-state index in [0.717, 1.165) is 0 Å². The van der Waals surface area contributed by atoms with Crippen molar-refractivity contribution in [3.05, 3.63) is 0 Å². The zero-order valence-electron chi connectivity index (χ0n) is 10.9. The topological polar surface area (TPSA) is 76.1 Å². The number of likely N-dealkylation sites (tertiary alicyclic amines) is 1. The first-order valence-electron chi connectivity index (χ1n) is 6.15. The summed E-state index contributed by atoms with van der Waals surface area (Å²) >= 11 is 0. The van der Waals surface area contributed by atoms with Crippen molar-refractivity contribution in [1.82, 2.24) is 4.90 Å². The van der Waals surface area contributed by atoms with Gasteiger partial charge in [-0.3, -0.25) is 9.59 Å². The third kappa shape index (κ3) is 4.27. The fraction of sp³-hybridized carbons (Fsp3) is 0.833. The number of carboxylic acid groups (broad SMARTS) is 1. The second kappa shape index (κ2) is 7.33. The predicted molar refractivity (Wildman–Crippen MR) is 64.2 cm³/mol. The van der Waals surface area contributed by atoms with Crippen LogP contribution < -0.4 is 0 Å². The molecule has 6 heteroatoms. The molecule has 1 amide bonds. The van der Waals surface area contributed by atoms with Gasteiger partial charge in [0.15, 0.2) is 0 Å². The molecule has 6 nitrogen and oxygen atoms in total. The van der Waals surface area contributed by atoms with Crippen molar-refractivity contribution in [3.63, 3.8) is 0 Å². The molecule has 0 spiro atoms. The number of carbonyl (C=O) groups is 2. The molecule has 0 bridgehead atoms. The van der Waals surface area contributed by atoms with Crippen molar-refractivity contribution in [2.24, 2.45) is 5.92 Å². The smallest absolute Gasteiger partial charge is 0.306 e. The van der Waals surface area contributed by atoms with Gasteiger partial charge in [0.2, 0.25) is 5.91 Å². The number of methoxy groups -OCH3 is 1. The highest BCUT2D eigenvalue weighted by Crippen LogP contribution is 2.22. The van der Waals surface area contributed by atoms with Crippen LogP contribution >= 0.6 is 0 Å². The molecular weight excluding hydrogens is 238 g/mol. The number of piperidine rings is 1. The molecule has 1 rings (SSSR count). The molecular formula is C12H21NO5. The van der Waals surface area contributed by atoms with Crippen LogP contribution in [0.4, 0.5) is 0 Å². The van der Waals surface area contributed by atoms with E-state index < -0.39 is 5.97 Å². The number of carboxylic acids is 1. The van der Waals surface area contributed by atoms with Crippen molar-refractivity contribution in [1.29, 1.82) is 0 Å². The summed E-state index contributed by atoms with van der Waals surface area (Å²) in [5, 5.41) is 8.94. The number of aliphatic carboxylic acids is 1. The third-order valence-electron chi connectivity index (χ3n) is 3.20. The normalized spacial score (nSPS) is 24.0. The summed E-state index contributed by atoms with van der Waals surface area (Å²) in [6.45, 7) is 3.25. The number of carbonyl (C=O) groups excluding carboxylic acids is 1. The molecule has 0 aromatic rings. The average molecular weight is 259 g/mol. The van der Waals surface area contributed by atoms with Gasteiger partial charge in [0.05, 0.1) is 19.1 Å². The standard InChI is InChI=1S/C12H21NO5/c1-9-7-10(12(15)16)3-4-13(9)11(14)8-18-6-5-17-2/h9-10H,3-8H2,1-2H3,(H,15,16). The molecule has 2 atom stereocenters. The summed E-state index contributed by atoms with van der Waals surface area (Å²) in [4.78, 5) is 24.4. The number of amides is 1. The number of hydrogen-bond acceptors (Lipinski definition) is 4. The Labute approximate surface area is 107 Å². The van der Waals surface area contributed by atoms with Gasteiger partial charge in [-0.15, -0.1) is 0 Å². The third-order valence-corrected chi connectivity index (χ3v) is 3.20. The molecule has 1 N–H and O–H groups in total.